The number of rotatable bonds is 2. The third-order valence-corrected chi connectivity index (χ3v) is 11.9. The van der Waals surface area contributed by atoms with Crippen LogP contribution in [0, 0.1) is 16.7 Å². The van der Waals surface area contributed by atoms with E-state index in [4.69, 9.17) is 13.9 Å². The first kappa shape index (κ1) is 12.5. The minimum atomic E-state index is -2.17. The van der Waals surface area contributed by atoms with Gasteiger partial charge >= 0.3 is 112 Å². The van der Waals surface area contributed by atoms with Gasteiger partial charge in [0.1, 0.15) is 0 Å². The summed E-state index contributed by atoms with van der Waals surface area (Å²) in [5, 5.41) is 2.21. The van der Waals surface area contributed by atoms with Crippen molar-refractivity contribution in [1.82, 2.24) is 0 Å². The Labute approximate surface area is 112 Å². The zero-order valence-corrected chi connectivity index (χ0v) is 13.5. The van der Waals surface area contributed by atoms with Crippen LogP contribution in [-0.2, 0) is 3.82 Å². The molecule has 3 aliphatic rings. The molecule has 3 rings (SSSR count). The molecule has 2 saturated carbocycles. The molecule has 1 heterocycles. The SMILES string of the molecule is C/C=C/C[Se]1(Cl)C[C@]23CC[C@H](CC2O1)C3(C)C. The van der Waals surface area contributed by atoms with Crippen LogP contribution in [0.3, 0.4) is 0 Å². The fourth-order valence-corrected chi connectivity index (χ4v) is 12.4. The van der Waals surface area contributed by atoms with Crippen molar-refractivity contribution >= 4 is 22.4 Å². The van der Waals surface area contributed by atoms with E-state index < -0.39 is 12.3 Å². The maximum absolute atomic E-state index is 6.85. The van der Waals surface area contributed by atoms with Crippen LogP contribution in [0.5, 0.6) is 0 Å². The molecule has 2 unspecified atom stereocenters. The summed E-state index contributed by atoms with van der Waals surface area (Å²) in [4.78, 5) is 0. The van der Waals surface area contributed by atoms with E-state index in [-0.39, 0.29) is 0 Å². The van der Waals surface area contributed by atoms with Crippen molar-refractivity contribution in [2.45, 2.75) is 56.8 Å². The van der Waals surface area contributed by atoms with E-state index in [2.05, 4.69) is 32.9 Å². The van der Waals surface area contributed by atoms with Crippen LogP contribution in [0.25, 0.3) is 0 Å². The van der Waals surface area contributed by atoms with Crippen molar-refractivity contribution in [2.24, 2.45) is 16.7 Å². The fraction of sp³-hybridized carbons (Fsp3) is 0.857. The molecule has 98 valence electrons. The maximum atomic E-state index is 6.85. The Hall–Kier alpha value is 0.509. The van der Waals surface area contributed by atoms with Gasteiger partial charge in [0, 0.05) is 0 Å². The zero-order chi connectivity index (χ0) is 12.3. The topological polar surface area (TPSA) is 9.23 Å². The molecule has 0 amide bonds. The summed E-state index contributed by atoms with van der Waals surface area (Å²) in [6, 6.07) is 0. The Kier molecular flexibility index (Phi) is 2.77. The van der Waals surface area contributed by atoms with Gasteiger partial charge in [-0.1, -0.05) is 0 Å². The van der Waals surface area contributed by atoms with E-state index in [0.717, 1.165) is 11.2 Å². The first-order chi connectivity index (χ1) is 7.94. The van der Waals surface area contributed by atoms with Crippen LogP contribution in [0.1, 0.15) is 40.0 Å². The van der Waals surface area contributed by atoms with E-state index in [1.165, 1.54) is 24.6 Å². The number of fused-ring (bicyclic) bond motifs is 1. The molecular formula is C14H23ClOSe. The Balaban J connectivity index is 1.88. The monoisotopic (exact) mass is 322 g/mol. The van der Waals surface area contributed by atoms with Crippen molar-refractivity contribution in [3.63, 3.8) is 0 Å². The average molecular weight is 322 g/mol. The predicted molar refractivity (Wildman–Crippen MR) is 74.5 cm³/mol. The van der Waals surface area contributed by atoms with Gasteiger partial charge in [0.15, 0.2) is 0 Å². The van der Waals surface area contributed by atoms with Crippen LogP contribution in [0.15, 0.2) is 12.2 Å². The van der Waals surface area contributed by atoms with Gasteiger partial charge in [-0.15, -0.1) is 0 Å². The van der Waals surface area contributed by atoms with Crippen LogP contribution >= 0.6 is 10.1 Å². The summed E-state index contributed by atoms with van der Waals surface area (Å²) in [5.74, 6) is 0.882. The van der Waals surface area contributed by atoms with Crippen molar-refractivity contribution in [1.29, 1.82) is 0 Å². The summed E-state index contributed by atoms with van der Waals surface area (Å²) in [5.41, 5.74) is 0.891. The van der Waals surface area contributed by atoms with Gasteiger partial charge in [-0.3, -0.25) is 0 Å². The number of allylic oxidation sites excluding steroid dienone is 2. The second-order valence-corrected chi connectivity index (χ2v) is 14.2. The van der Waals surface area contributed by atoms with Crippen molar-refractivity contribution in [3.8, 4) is 0 Å². The molecule has 1 aliphatic heterocycles. The van der Waals surface area contributed by atoms with Crippen molar-refractivity contribution < 1.29 is 3.82 Å². The third kappa shape index (κ3) is 1.54. The van der Waals surface area contributed by atoms with Crippen molar-refractivity contribution in [3.05, 3.63) is 12.2 Å². The molecule has 2 aliphatic carbocycles. The summed E-state index contributed by atoms with van der Waals surface area (Å²) in [6.07, 6.45) is 8.84. The molecule has 0 aromatic rings. The van der Waals surface area contributed by atoms with E-state index in [0.29, 0.717) is 16.9 Å². The molecule has 1 nitrogen and oxygen atoms in total. The van der Waals surface area contributed by atoms with Gasteiger partial charge < -0.3 is 0 Å². The summed E-state index contributed by atoms with van der Waals surface area (Å²) in [7, 11) is 6.85. The second-order valence-electron chi connectivity index (χ2n) is 6.54. The molecule has 3 heteroatoms. The summed E-state index contributed by atoms with van der Waals surface area (Å²) in [6.45, 7) is 6.99. The predicted octanol–water partition coefficient (Wildman–Crippen LogP) is 4.47. The molecule has 2 bridgehead atoms. The Morgan fingerprint density at radius 3 is 2.82 bits per heavy atom. The fourth-order valence-electron chi connectivity index (χ4n) is 4.44. The Bertz CT molecular complexity index is 367. The summed E-state index contributed by atoms with van der Waals surface area (Å²) >= 11 is -2.17. The number of hydrogen-bond donors (Lipinski definition) is 0. The molecule has 0 N–H and O–H groups in total. The summed E-state index contributed by atoms with van der Waals surface area (Å²) < 4.78 is 6.41. The Morgan fingerprint density at radius 2 is 2.24 bits per heavy atom. The van der Waals surface area contributed by atoms with E-state index in [9.17, 15) is 0 Å². The van der Waals surface area contributed by atoms with E-state index in [1.54, 1.807) is 0 Å². The van der Waals surface area contributed by atoms with E-state index in [1.807, 2.05) is 0 Å². The van der Waals surface area contributed by atoms with Crippen LogP contribution in [-0.4, -0.2) is 18.4 Å². The molecule has 0 aromatic carbocycles. The van der Waals surface area contributed by atoms with Crippen molar-refractivity contribution in [2.75, 3.05) is 0 Å². The standard InChI is InChI=1S/C14H23ClOSe/c1-4-5-8-17(15)10-14-7-6-11(13(14,2)3)9-12(14)16-17/h4-5,11-12H,6-10H2,1-3H3/b5-4+/t11-,12?,14-/m1/s1. The van der Waals surface area contributed by atoms with Gasteiger partial charge in [0.05, 0.1) is 0 Å². The van der Waals surface area contributed by atoms with Gasteiger partial charge in [-0.25, -0.2) is 0 Å². The van der Waals surface area contributed by atoms with Crippen LogP contribution < -0.4 is 0 Å². The molecule has 17 heavy (non-hydrogen) atoms. The Morgan fingerprint density at radius 1 is 1.47 bits per heavy atom. The number of hydrogen-bond acceptors (Lipinski definition) is 1. The van der Waals surface area contributed by atoms with Gasteiger partial charge in [0.2, 0.25) is 0 Å². The van der Waals surface area contributed by atoms with Gasteiger partial charge in [-0.2, -0.15) is 0 Å². The third-order valence-electron chi connectivity index (χ3n) is 5.70. The molecule has 3 fully saturated rings. The van der Waals surface area contributed by atoms with Gasteiger partial charge in [0.25, 0.3) is 0 Å². The first-order valence-corrected chi connectivity index (χ1v) is 12.1. The van der Waals surface area contributed by atoms with Crippen LogP contribution in [0.4, 0.5) is 0 Å². The van der Waals surface area contributed by atoms with E-state index >= 15 is 0 Å². The quantitative estimate of drug-likeness (QED) is 0.538. The molecule has 0 radical (unpaired) electrons. The molecule has 4 atom stereocenters. The van der Waals surface area contributed by atoms with Gasteiger partial charge in [-0.05, 0) is 0 Å². The zero-order valence-electron chi connectivity index (χ0n) is 11.0. The molecule has 0 aromatic heterocycles. The van der Waals surface area contributed by atoms with Crippen LogP contribution in [0.2, 0.25) is 10.6 Å². The molecule has 1 saturated heterocycles. The molecular weight excluding hydrogens is 299 g/mol. The second kappa shape index (κ2) is 3.76. The minimum absolute atomic E-state index is 0.432. The average Bonchev–Trinajstić information content (AvgIpc) is 2.76. The normalized spacial score (nSPS) is 55.1. The number of halogens is 1. The molecule has 1 spiro atoms. The first-order valence-electron chi connectivity index (χ1n) is 6.71.